The molecule has 0 saturated heterocycles. The first kappa shape index (κ1) is 12.5. The molecule has 2 N–H and O–H groups in total. The van der Waals surface area contributed by atoms with Crippen LogP contribution in [0.4, 0.5) is 0 Å². The number of nitrogens with zero attached hydrogens (tertiary/aromatic N) is 3. The third kappa shape index (κ3) is 3.21. The lowest BCUT2D eigenvalue weighted by atomic mass is 9.88. The van der Waals surface area contributed by atoms with Crippen LogP contribution < -0.4 is 5.73 Å². The SMILES string of the molecule is CC(N)C(Sc1nncn1C)C(C)(C)C. The van der Waals surface area contributed by atoms with Gasteiger partial charge in [0.1, 0.15) is 6.33 Å². The zero-order valence-electron chi connectivity index (χ0n) is 10.1. The van der Waals surface area contributed by atoms with Gasteiger partial charge in [0.2, 0.25) is 0 Å². The van der Waals surface area contributed by atoms with Crippen molar-refractivity contribution >= 4 is 11.8 Å². The second kappa shape index (κ2) is 4.53. The Morgan fingerprint density at radius 2 is 2.07 bits per heavy atom. The molecule has 2 atom stereocenters. The van der Waals surface area contributed by atoms with E-state index in [1.54, 1.807) is 18.1 Å². The highest BCUT2D eigenvalue weighted by atomic mass is 32.2. The maximum Gasteiger partial charge on any atom is 0.191 e. The van der Waals surface area contributed by atoms with Crippen LogP contribution in [0.1, 0.15) is 27.7 Å². The predicted octanol–water partition coefficient (Wildman–Crippen LogP) is 1.67. The van der Waals surface area contributed by atoms with Crippen molar-refractivity contribution in [2.24, 2.45) is 18.2 Å². The minimum atomic E-state index is 0.131. The van der Waals surface area contributed by atoms with E-state index in [1.165, 1.54) is 0 Å². The highest BCUT2D eigenvalue weighted by Crippen LogP contribution is 2.35. The zero-order chi connectivity index (χ0) is 11.6. The fourth-order valence-corrected chi connectivity index (χ4v) is 2.67. The molecule has 4 nitrogen and oxygen atoms in total. The molecule has 0 aliphatic carbocycles. The van der Waals surface area contributed by atoms with E-state index < -0.39 is 0 Å². The maximum absolute atomic E-state index is 6.01. The van der Waals surface area contributed by atoms with E-state index >= 15 is 0 Å². The summed E-state index contributed by atoms with van der Waals surface area (Å²) >= 11 is 1.70. The molecule has 2 unspecified atom stereocenters. The Morgan fingerprint density at radius 1 is 1.47 bits per heavy atom. The fraction of sp³-hybridized carbons (Fsp3) is 0.800. The molecule has 1 heterocycles. The van der Waals surface area contributed by atoms with Gasteiger partial charge in [-0.2, -0.15) is 0 Å². The Hall–Kier alpha value is -0.550. The number of aromatic nitrogens is 3. The molecule has 0 aliphatic rings. The molecule has 86 valence electrons. The molecule has 0 spiro atoms. The Kier molecular flexibility index (Phi) is 3.78. The molecular formula is C10H20N4S. The molecule has 0 fully saturated rings. The molecule has 0 saturated carbocycles. The predicted molar refractivity (Wildman–Crippen MR) is 63.8 cm³/mol. The Bertz CT molecular complexity index is 313. The molecule has 0 amide bonds. The largest absolute Gasteiger partial charge is 0.327 e. The fourth-order valence-electron chi connectivity index (χ4n) is 1.57. The summed E-state index contributed by atoms with van der Waals surface area (Å²) in [5.74, 6) is 0. The van der Waals surface area contributed by atoms with E-state index in [2.05, 4.69) is 31.0 Å². The Morgan fingerprint density at radius 3 is 2.40 bits per heavy atom. The summed E-state index contributed by atoms with van der Waals surface area (Å²) in [5, 5.41) is 9.20. The summed E-state index contributed by atoms with van der Waals surface area (Å²) in [4.78, 5) is 0. The lowest BCUT2D eigenvalue weighted by Gasteiger charge is -2.32. The number of aryl methyl sites for hydroxylation is 1. The van der Waals surface area contributed by atoms with Crippen molar-refractivity contribution in [3.63, 3.8) is 0 Å². The minimum absolute atomic E-state index is 0.131. The number of thioether (sulfide) groups is 1. The highest BCUT2D eigenvalue weighted by molar-refractivity contribution is 7.99. The molecule has 1 rings (SSSR count). The quantitative estimate of drug-likeness (QED) is 0.800. The zero-order valence-corrected chi connectivity index (χ0v) is 10.9. The molecule has 0 bridgehead atoms. The van der Waals surface area contributed by atoms with Crippen LogP contribution >= 0.6 is 11.8 Å². The first-order valence-electron chi connectivity index (χ1n) is 5.08. The summed E-state index contributed by atoms with van der Waals surface area (Å²) in [5.41, 5.74) is 6.17. The van der Waals surface area contributed by atoms with Gasteiger partial charge in [-0.15, -0.1) is 10.2 Å². The van der Waals surface area contributed by atoms with Crippen LogP contribution in [0.5, 0.6) is 0 Å². The smallest absolute Gasteiger partial charge is 0.191 e. The first-order valence-corrected chi connectivity index (χ1v) is 5.96. The normalized spacial score (nSPS) is 16.4. The molecule has 0 aliphatic heterocycles. The van der Waals surface area contributed by atoms with Gasteiger partial charge in [0.05, 0.1) is 0 Å². The third-order valence-electron chi connectivity index (χ3n) is 2.23. The van der Waals surface area contributed by atoms with Gasteiger partial charge in [0.15, 0.2) is 5.16 Å². The van der Waals surface area contributed by atoms with Crippen LogP contribution in [-0.4, -0.2) is 26.1 Å². The summed E-state index contributed by atoms with van der Waals surface area (Å²) < 4.78 is 1.92. The average Bonchev–Trinajstić information content (AvgIpc) is 2.44. The average molecular weight is 228 g/mol. The van der Waals surface area contributed by atoms with E-state index in [0.29, 0.717) is 5.25 Å². The van der Waals surface area contributed by atoms with Crippen molar-refractivity contribution in [1.82, 2.24) is 14.8 Å². The molecule has 0 radical (unpaired) electrons. The summed E-state index contributed by atoms with van der Waals surface area (Å²) in [6, 6.07) is 0.131. The molecule has 0 aromatic carbocycles. The van der Waals surface area contributed by atoms with Gasteiger partial charge in [0.25, 0.3) is 0 Å². The van der Waals surface area contributed by atoms with Crippen molar-refractivity contribution in [2.75, 3.05) is 0 Å². The summed E-state index contributed by atoms with van der Waals surface area (Å²) in [6.07, 6.45) is 1.71. The highest BCUT2D eigenvalue weighted by Gasteiger charge is 2.30. The second-order valence-corrected chi connectivity index (χ2v) is 6.10. The van der Waals surface area contributed by atoms with Crippen LogP contribution in [0.15, 0.2) is 11.5 Å². The lowest BCUT2D eigenvalue weighted by Crippen LogP contribution is -2.39. The van der Waals surface area contributed by atoms with Gasteiger partial charge < -0.3 is 10.3 Å². The van der Waals surface area contributed by atoms with Gasteiger partial charge in [-0.3, -0.25) is 0 Å². The molecule has 1 aromatic heterocycles. The minimum Gasteiger partial charge on any atom is -0.327 e. The molecule has 15 heavy (non-hydrogen) atoms. The topological polar surface area (TPSA) is 56.7 Å². The van der Waals surface area contributed by atoms with Crippen LogP contribution in [0, 0.1) is 5.41 Å². The van der Waals surface area contributed by atoms with E-state index in [0.717, 1.165) is 5.16 Å². The number of nitrogens with two attached hydrogens (primary N) is 1. The van der Waals surface area contributed by atoms with Crippen molar-refractivity contribution in [2.45, 2.75) is 44.1 Å². The van der Waals surface area contributed by atoms with E-state index in [4.69, 9.17) is 5.73 Å². The Balaban J connectivity index is 2.81. The van der Waals surface area contributed by atoms with Gasteiger partial charge in [-0.05, 0) is 12.3 Å². The van der Waals surface area contributed by atoms with Crippen LogP contribution in [-0.2, 0) is 7.05 Å². The second-order valence-electron chi connectivity index (χ2n) is 4.99. The molecule has 1 aromatic rings. The van der Waals surface area contributed by atoms with Crippen molar-refractivity contribution in [3.8, 4) is 0 Å². The van der Waals surface area contributed by atoms with Crippen molar-refractivity contribution < 1.29 is 0 Å². The summed E-state index contributed by atoms with van der Waals surface area (Å²) in [6.45, 7) is 8.64. The maximum atomic E-state index is 6.01. The van der Waals surface area contributed by atoms with Gasteiger partial charge in [0, 0.05) is 18.3 Å². The van der Waals surface area contributed by atoms with Crippen LogP contribution in [0.2, 0.25) is 0 Å². The monoisotopic (exact) mass is 228 g/mol. The van der Waals surface area contributed by atoms with E-state index in [1.807, 2.05) is 18.5 Å². The number of rotatable bonds is 3. The first-order chi connectivity index (χ1) is 6.82. The Labute approximate surface area is 95.6 Å². The number of hydrogen-bond acceptors (Lipinski definition) is 4. The van der Waals surface area contributed by atoms with Crippen molar-refractivity contribution in [3.05, 3.63) is 6.33 Å². The standard InChI is InChI=1S/C10H20N4S/c1-7(11)8(10(2,3)4)15-9-13-12-6-14(9)5/h6-8H,11H2,1-5H3. The van der Waals surface area contributed by atoms with Crippen LogP contribution in [0.25, 0.3) is 0 Å². The molecular weight excluding hydrogens is 208 g/mol. The van der Waals surface area contributed by atoms with E-state index in [-0.39, 0.29) is 11.5 Å². The third-order valence-corrected chi connectivity index (χ3v) is 4.20. The van der Waals surface area contributed by atoms with Gasteiger partial charge in [-0.1, -0.05) is 32.5 Å². The van der Waals surface area contributed by atoms with Crippen molar-refractivity contribution in [1.29, 1.82) is 0 Å². The molecule has 5 heteroatoms. The van der Waals surface area contributed by atoms with Crippen LogP contribution in [0.3, 0.4) is 0 Å². The van der Waals surface area contributed by atoms with Gasteiger partial charge >= 0.3 is 0 Å². The lowest BCUT2D eigenvalue weighted by molar-refractivity contribution is 0.363. The van der Waals surface area contributed by atoms with E-state index in [9.17, 15) is 0 Å². The summed E-state index contributed by atoms with van der Waals surface area (Å²) in [7, 11) is 1.95. The number of hydrogen-bond donors (Lipinski definition) is 1. The van der Waals surface area contributed by atoms with Gasteiger partial charge in [-0.25, -0.2) is 0 Å².